The SMILES string of the molecule is CCCCCCCCC=CCCCCCCC(NC(=O)CCCCCCCCCCCCCCC)C(=O)NCC. The Hall–Kier alpha value is -1.32. The van der Waals surface area contributed by atoms with Crippen molar-refractivity contribution in [1.29, 1.82) is 0 Å². The van der Waals surface area contributed by atoms with E-state index in [4.69, 9.17) is 0 Å². The van der Waals surface area contributed by atoms with Crippen LogP contribution in [0.25, 0.3) is 0 Å². The Morgan fingerprint density at radius 1 is 0.525 bits per heavy atom. The van der Waals surface area contributed by atoms with Gasteiger partial charge in [0.05, 0.1) is 0 Å². The summed E-state index contributed by atoms with van der Waals surface area (Å²) in [7, 11) is 0. The number of unbranched alkanes of at least 4 members (excludes halogenated alkanes) is 22. The van der Waals surface area contributed by atoms with Gasteiger partial charge in [0.2, 0.25) is 11.8 Å². The minimum absolute atomic E-state index is 0.0289. The second-order valence-electron chi connectivity index (χ2n) is 12.0. The topological polar surface area (TPSA) is 58.2 Å². The van der Waals surface area contributed by atoms with E-state index in [0.717, 1.165) is 38.5 Å². The van der Waals surface area contributed by atoms with E-state index in [1.165, 1.54) is 128 Å². The number of likely N-dealkylation sites (N-methyl/N-ethyl adjacent to an activating group) is 1. The van der Waals surface area contributed by atoms with Crippen molar-refractivity contribution in [3.63, 3.8) is 0 Å². The van der Waals surface area contributed by atoms with E-state index in [9.17, 15) is 9.59 Å². The number of amides is 2. The molecule has 0 aliphatic rings. The Morgan fingerprint density at radius 2 is 0.925 bits per heavy atom. The van der Waals surface area contributed by atoms with Crippen LogP contribution in [0.5, 0.6) is 0 Å². The third-order valence-electron chi connectivity index (χ3n) is 8.01. The van der Waals surface area contributed by atoms with E-state index >= 15 is 0 Å². The summed E-state index contributed by atoms with van der Waals surface area (Å²) in [6.07, 6.45) is 38.0. The van der Waals surface area contributed by atoms with Crippen LogP contribution in [-0.2, 0) is 9.59 Å². The molecule has 4 heteroatoms. The van der Waals surface area contributed by atoms with Gasteiger partial charge in [0.15, 0.2) is 0 Å². The number of hydrogen-bond acceptors (Lipinski definition) is 2. The highest BCUT2D eigenvalue weighted by atomic mass is 16.2. The first-order chi connectivity index (χ1) is 19.7. The lowest BCUT2D eigenvalue weighted by Crippen LogP contribution is -2.46. The van der Waals surface area contributed by atoms with Crippen LogP contribution in [0.1, 0.15) is 194 Å². The summed E-state index contributed by atoms with van der Waals surface area (Å²) >= 11 is 0. The molecule has 0 aromatic rings. The maximum atomic E-state index is 12.5. The second kappa shape index (κ2) is 32.2. The third-order valence-corrected chi connectivity index (χ3v) is 8.01. The molecule has 0 spiro atoms. The minimum atomic E-state index is -0.383. The number of carbonyl (C=O) groups is 2. The zero-order valence-electron chi connectivity index (χ0n) is 27.3. The van der Waals surface area contributed by atoms with Crippen LogP contribution in [0, 0.1) is 0 Å². The molecule has 0 saturated heterocycles. The number of hydrogen-bond donors (Lipinski definition) is 2. The zero-order chi connectivity index (χ0) is 29.4. The fourth-order valence-corrected chi connectivity index (χ4v) is 5.38. The van der Waals surface area contributed by atoms with Gasteiger partial charge in [-0.3, -0.25) is 9.59 Å². The average molecular weight is 563 g/mol. The molecule has 0 aromatic carbocycles. The predicted molar refractivity (Wildman–Crippen MR) is 176 cm³/mol. The summed E-state index contributed by atoms with van der Waals surface area (Å²) in [4.78, 5) is 25.0. The van der Waals surface area contributed by atoms with Crippen molar-refractivity contribution in [3.8, 4) is 0 Å². The normalized spacial score (nSPS) is 12.2. The molecular weight excluding hydrogens is 492 g/mol. The monoisotopic (exact) mass is 563 g/mol. The van der Waals surface area contributed by atoms with Gasteiger partial charge in [-0.05, 0) is 45.4 Å². The molecule has 0 heterocycles. The van der Waals surface area contributed by atoms with Crippen LogP contribution in [-0.4, -0.2) is 24.4 Å². The standard InChI is InChI=1S/C36H70N2O2/c1-4-7-9-11-13-15-17-19-21-22-24-26-28-30-32-34(36(40)37-6-3)38-35(39)33-31-29-27-25-23-20-18-16-14-12-10-8-5-2/h19,21,34H,4-18,20,22-33H2,1-3H3,(H,37,40)(H,38,39). The van der Waals surface area contributed by atoms with Gasteiger partial charge in [-0.25, -0.2) is 0 Å². The quantitative estimate of drug-likeness (QED) is 0.0652. The van der Waals surface area contributed by atoms with Crippen LogP contribution in [0.4, 0.5) is 0 Å². The molecule has 0 saturated carbocycles. The van der Waals surface area contributed by atoms with E-state index < -0.39 is 0 Å². The molecule has 0 fully saturated rings. The Balaban J connectivity index is 3.81. The van der Waals surface area contributed by atoms with Crippen LogP contribution in [0.3, 0.4) is 0 Å². The summed E-state index contributed by atoms with van der Waals surface area (Å²) in [5.41, 5.74) is 0. The highest BCUT2D eigenvalue weighted by Gasteiger charge is 2.19. The number of carbonyl (C=O) groups excluding carboxylic acids is 2. The van der Waals surface area contributed by atoms with Crippen LogP contribution in [0.2, 0.25) is 0 Å². The lowest BCUT2D eigenvalue weighted by Gasteiger charge is -2.18. The fourth-order valence-electron chi connectivity index (χ4n) is 5.38. The highest BCUT2D eigenvalue weighted by molar-refractivity contribution is 5.87. The summed E-state index contributed by atoms with van der Waals surface area (Å²) in [6, 6.07) is -0.383. The molecule has 236 valence electrons. The molecule has 2 amide bonds. The molecule has 0 rings (SSSR count). The van der Waals surface area contributed by atoms with Gasteiger partial charge in [-0.15, -0.1) is 0 Å². The maximum Gasteiger partial charge on any atom is 0.242 e. The minimum Gasteiger partial charge on any atom is -0.355 e. The van der Waals surface area contributed by atoms with Crippen LogP contribution < -0.4 is 10.6 Å². The van der Waals surface area contributed by atoms with E-state index in [1.54, 1.807) is 0 Å². The Morgan fingerprint density at radius 3 is 1.38 bits per heavy atom. The lowest BCUT2D eigenvalue weighted by atomic mass is 10.0. The average Bonchev–Trinajstić information content (AvgIpc) is 2.95. The Bertz CT molecular complexity index is 575. The van der Waals surface area contributed by atoms with Gasteiger partial charge in [0.1, 0.15) is 6.04 Å². The van der Waals surface area contributed by atoms with E-state index in [1.807, 2.05) is 6.92 Å². The highest BCUT2D eigenvalue weighted by Crippen LogP contribution is 2.14. The van der Waals surface area contributed by atoms with Crippen molar-refractivity contribution < 1.29 is 9.59 Å². The molecular formula is C36H70N2O2. The summed E-state index contributed by atoms with van der Waals surface area (Å²) in [5.74, 6) is 0.00803. The summed E-state index contributed by atoms with van der Waals surface area (Å²) in [6.45, 7) is 7.08. The van der Waals surface area contributed by atoms with Crippen molar-refractivity contribution >= 4 is 11.8 Å². The van der Waals surface area contributed by atoms with Crippen molar-refractivity contribution in [1.82, 2.24) is 10.6 Å². The predicted octanol–water partition coefficient (Wildman–Crippen LogP) is 10.7. The molecule has 1 unspecified atom stereocenters. The lowest BCUT2D eigenvalue weighted by molar-refractivity contribution is -0.129. The van der Waals surface area contributed by atoms with Crippen molar-refractivity contribution in [2.75, 3.05) is 6.54 Å². The van der Waals surface area contributed by atoms with Gasteiger partial charge in [-0.2, -0.15) is 0 Å². The molecule has 40 heavy (non-hydrogen) atoms. The number of nitrogens with one attached hydrogen (secondary N) is 2. The van der Waals surface area contributed by atoms with Crippen molar-refractivity contribution in [3.05, 3.63) is 12.2 Å². The van der Waals surface area contributed by atoms with Crippen LogP contribution in [0.15, 0.2) is 12.2 Å². The molecule has 0 bridgehead atoms. The first kappa shape index (κ1) is 38.7. The Kier molecular flexibility index (Phi) is 31.1. The van der Waals surface area contributed by atoms with E-state index in [0.29, 0.717) is 13.0 Å². The van der Waals surface area contributed by atoms with Gasteiger partial charge in [0, 0.05) is 13.0 Å². The van der Waals surface area contributed by atoms with E-state index in [-0.39, 0.29) is 17.9 Å². The summed E-state index contributed by atoms with van der Waals surface area (Å²) < 4.78 is 0. The maximum absolute atomic E-state index is 12.5. The van der Waals surface area contributed by atoms with Gasteiger partial charge in [-0.1, -0.05) is 154 Å². The molecule has 0 radical (unpaired) electrons. The zero-order valence-corrected chi connectivity index (χ0v) is 27.3. The van der Waals surface area contributed by atoms with Crippen molar-refractivity contribution in [2.45, 2.75) is 200 Å². The van der Waals surface area contributed by atoms with Gasteiger partial charge >= 0.3 is 0 Å². The molecule has 2 N–H and O–H groups in total. The third kappa shape index (κ3) is 28.2. The second-order valence-corrected chi connectivity index (χ2v) is 12.0. The van der Waals surface area contributed by atoms with Crippen molar-refractivity contribution in [2.24, 2.45) is 0 Å². The smallest absolute Gasteiger partial charge is 0.242 e. The molecule has 1 atom stereocenters. The van der Waals surface area contributed by atoms with E-state index in [2.05, 4.69) is 36.6 Å². The molecule has 0 aliphatic carbocycles. The number of rotatable bonds is 31. The molecule has 0 aliphatic heterocycles. The Labute approximate surface area is 250 Å². The first-order valence-corrected chi connectivity index (χ1v) is 17.9. The van der Waals surface area contributed by atoms with Crippen LogP contribution >= 0.6 is 0 Å². The largest absolute Gasteiger partial charge is 0.355 e. The van der Waals surface area contributed by atoms with Gasteiger partial charge < -0.3 is 10.6 Å². The molecule has 0 aromatic heterocycles. The molecule has 4 nitrogen and oxygen atoms in total. The summed E-state index contributed by atoms with van der Waals surface area (Å²) in [5, 5.41) is 5.93. The fraction of sp³-hybridized carbons (Fsp3) is 0.889. The van der Waals surface area contributed by atoms with Gasteiger partial charge in [0.25, 0.3) is 0 Å². The number of allylic oxidation sites excluding steroid dienone is 2. The first-order valence-electron chi connectivity index (χ1n) is 17.9.